The molecule has 1 saturated carbocycles. The fourth-order valence-corrected chi connectivity index (χ4v) is 4.06. The van der Waals surface area contributed by atoms with Crippen molar-refractivity contribution in [3.05, 3.63) is 40.3 Å². The van der Waals surface area contributed by atoms with Crippen molar-refractivity contribution in [3.63, 3.8) is 0 Å². The summed E-state index contributed by atoms with van der Waals surface area (Å²) in [6, 6.07) is 3.16. The van der Waals surface area contributed by atoms with E-state index in [-0.39, 0.29) is 17.5 Å². The van der Waals surface area contributed by atoms with Gasteiger partial charge in [-0.1, -0.05) is 25.5 Å². The van der Waals surface area contributed by atoms with Gasteiger partial charge in [0.25, 0.3) is 11.5 Å². The number of aromatic nitrogens is 2. The summed E-state index contributed by atoms with van der Waals surface area (Å²) in [5.41, 5.74) is 0.238. The van der Waals surface area contributed by atoms with Crippen molar-refractivity contribution in [1.82, 2.24) is 14.7 Å². The number of rotatable bonds is 7. The van der Waals surface area contributed by atoms with Gasteiger partial charge in [-0.3, -0.25) is 9.59 Å². The van der Waals surface area contributed by atoms with Crippen LogP contribution in [-0.2, 0) is 6.54 Å². The normalized spacial score (nSPS) is 24.2. The van der Waals surface area contributed by atoms with E-state index in [1.54, 1.807) is 6.07 Å². The smallest absolute Gasteiger partial charge is 0.274 e. The van der Waals surface area contributed by atoms with Crippen molar-refractivity contribution in [3.8, 4) is 0 Å². The Morgan fingerprint density at radius 1 is 1.32 bits per heavy atom. The predicted octanol–water partition coefficient (Wildman–Crippen LogP) is 3.11. The number of hydrogen-bond donors (Lipinski definition) is 0. The van der Waals surface area contributed by atoms with Crippen molar-refractivity contribution in [1.29, 1.82) is 0 Å². The minimum absolute atomic E-state index is 0.0630. The number of allylic oxidation sites excluding steroid dienone is 2. The van der Waals surface area contributed by atoms with E-state index in [4.69, 9.17) is 0 Å². The molecule has 1 fully saturated rings. The molecular formula is C20H29N3O2. The maximum atomic E-state index is 13.0. The molecule has 1 amide bonds. The number of carbonyl (C=O) groups is 1. The summed E-state index contributed by atoms with van der Waals surface area (Å²) in [6.07, 6.45) is 8.95. The van der Waals surface area contributed by atoms with Gasteiger partial charge >= 0.3 is 0 Å². The lowest BCUT2D eigenvalue weighted by atomic mass is 9.92. The van der Waals surface area contributed by atoms with E-state index >= 15 is 0 Å². The molecule has 3 rings (SSSR count). The van der Waals surface area contributed by atoms with E-state index in [2.05, 4.69) is 24.2 Å². The SMILES string of the molecule is CCCCn1nc(C(=O)N(C[C@H]2C[C@H]3C=C[C@H]2C3)C(C)C)ccc1=O. The monoisotopic (exact) mass is 343 g/mol. The molecule has 5 nitrogen and oxygen atoms in total. The van der Waals surface area contributed by atoms with Crippen molar-refractivity contribution in [2.24, 2.45) is 17.8 Å². The zero-order valence-electron chi connectivity index (χ0n) is 15.5. The summed E-state index contributed by atoms with van der Waals surface area (Å²) in [4.78, 5) is 26.9. The predicted molar refractivity (Wildman–Crippen MR) is 98.4 cm³/mol. The minimum atomic E-state index is -0.140. The summed E-state index contributed by atoms with van der Waals surface area (Å²) < 4.78 is 1.43. The fourth-order valence-electron chi connectivity index (χ4n) is 4.06. The van der Waals surface area contributed by atoms with E-state index in [0.29, 0.717) is 30.0 Å². The highest BCUT2D eigenvalue weighted by Crippen LogP contribution is 2.43. The number of unbranched alkanes of at least 4 members (excludes halogenated alkanes) is 1. The number of carbonyl (C=O) groups excluding carboxylic acids is 1. The Morgan fingerprint density at radius 3 is 2.72 bits per heavy atom. The van der Waals surface area contributed by atoms with Crippen LogP contribution in [0.1, 0.15) is 56.9 Å². The third-order valence-electron chi connectivity index (χ3n) is 5.54. The molecular weight excluding hydrogens is 314 g/mol. The zero-order chi connectivity index (χ0) is 18.0. The van der Waals surface area contributed by atoms with Crippen LogP contribution in [-0.4, -0.2) is 33.2 Å². The molecule has 2 aliphatic rings. The maximum Gasteiger partial charge on any atom is 0.274 e. The molecule has 0 aliphatic heterocycles. The van der Waals surface area contributed by atoms with Crippen LogP contribution in [0.15, 0.2) is 29.1 Å². The van der Waals surface area contributed by atoms with Gasteiger partial charge in [0, 0.05) is 25.2 Å². The lowest BCUT2D eigenvalue weighted by molar-refractivity contribution is 0.0652. The van der Waals surface area contributed by atoms with Crippen molar-refractivity contribution in [2.75, 3.05) is 6.54 Å². The molecule has 0 saturated heterocycles. The molecule has 136 valence electrons. The van der Waals surface area contributed by atoms with E-state index in [1.807, 2.05) is 18.7 Å². The van der Waals surface area contributed by atoms with Gasteiger partial charge in [-0.25, -0.2) is 4.68 Å². The summed E-state index contributed by atoms with van der Waals surface area (Å²) in [7, 11) is 0. The molecule has 0 spiro atoms. The highest BCUT2D eigenvalue weighted by Gasteiger charge is 2.37. The number of fused-ring (bicyclic) bond motifs is 2. The Bertz CT molecular complexity index is 707. The molecule has 1 aromatic heterocycles. The van der Waals surface area contributed by atoms with E-state index in [9.17, 15) is 9.59 Å². The molecule has 0 aromatic carbocycles. The Kier molecular flexibility index (Phi) is 5.40. The number of hydrogen-bond acceptors (Lipinski definition) is 3. The molecule has 3 atom stereocenters. The standard InChI is InChI=1S/C20H29N3O2/c1-4-5-10-23-19(24)9-8-18(21-23)20(25)22(14(2)3)13-17-12-15-6-7-16(17)11-15/h6-9,14-17H,4-5,10-13H2,1-3H3/t15-,16-,17+/m0/s1. The topological polar surface area (TPSA) is 55.2 Å². The zero-order valence-corrected chi connectivity index (χ0v) is 15.5. The van der Waals surface area contributed by atoms with Crippen LogP contribution in [0, 0.1) is 17.8 Å². The highest BCUT2D eigenvalue weighted by atomic mass is 16.2. The summed E-state index contributed by atoms with van der Waals surface area (Å²) in [5, 5.41) is 4.33. The first-order chi connectivity index (χ1) is 12.0. The van der Waals surface area contributed by atoms with E-state index < -0.39 is 0 Å². The molecule has 25 heavy (non-hydrogen) atoms. The van der Waals surface area contributed by atoms with Gasteiger partial charge in [-0.2, -0.15) is 5.10 Å². The summed E-state index contributed by atoms with van der Waals surface area (Å²) in [6.45, 7) is 7.51. The van der Waals surface area contributed by atoms with Gasteiger partial charge in [0.1, 0.15) is 5.69 Å². The van der Waals surface area contributed by atoms with Gasteiger partial charge in [0.15, 0.2) is 0 Å². The molecule has 2 aliphatic carbocycles. The Hall–Kier alpha value is -1.91. The molecule has 2 bridgehead atoms. The van der Waals surface area contributed by atoms with Crippen LogP contribution in [0.3, 0.4) is 0 Å². The van der Waals surface area contributed by atoms with Gasteiger partial charge < -0.3 is 4.90 Å². The first kappa shape index (κ1) is 17.9. The second-order valence-corrected chi connectivity index (χ2v) is 7.73. The second-order valence-electron chi connectivity index (χ2n) is 7.73. The van der Waals surface area contributed by atoms with Crippen molar-refractivity contribution < 1.29 is 4.79 Å². The molecule has 1 aromatic rings. The van der Waals surface area contributed by atoms with Gasteiger partial charge in [-0.15, -0.1) is 0 Å². The Balaban J connectivity index is 1.76. The van der Waals surface area contributed by atoms with Crippen LogP contribution < -0.4 is 5.56 Å². The third-order valence-corrected chi connectivity index (χ3v) is 5.54. The number of aryl methyl sites for hydroxylation is 1. The van der Waals surface area contributed by atoms with Gasteiger partial charge in [-0.05, 0) is 56.9 Å². The van der Waals surface area contributed by atoms with Gasteiger partial charge in [0.2, 0.25) is 0 Å². The highest BCUT2D eigenvalue weighted by molar-refractivity contribution is 5.92. The largest absolute Gasteiger partial charge is 0.335 e. The summed E-state index contributed by atoms with van der Waals surface area (Å²) >= 11 is 0. The van der Waals surface area contributed by atoms with Gasteiger partial charge in [0.05, 0.1) is 0 Å². The fraction of sp³-hybridized carbons (Fsp3) is 0.650. The van der Waals surface area contributed by atoms with Crippen molar-refractivity contribution >= 4 is 5.91 Å². The van der Waals surface area contributed by atoms with Crippen LogP contribution in [0.25, 0.3) is 0 Å². The van der Waals surface area contributed by atoms with Crippen LogP contribution in [0.2, 0.25) is 0 Å². The van der Waals surface area contributed by atoms with Crippen LogP contribution >= 0.6 is 0 Å². The van der Waals surface area contributed by atoms with Crippen molar-refractivity contribution in [2.45, 2.75) is 59.0 Å². The Labute approximate surface area is 149 Å². The minimum Gasteiger partial charge on any atom is -0.335 e. The average Bonchev–Trinajstić information content (AvgIpc) is 3.21. The average molecular weight is 343 g/mol. The molecule has 0 N–H and O–H groups in total. The number of nitrogens with zero attached hydrogens (tertiary/aromatic N) is 3. The molecule has 5 heteroatoms. The Morgan fingerprint density at radius 2 is 2.12 bits per heavy atom. The molecule has 1 heterocycles. The first-order valence-electron chi connectivity index (χ1n) is 9.57. The van der Waals surface area contributed by atoms with E-state index in [0.717, 1.165) is 19.4 Å². The lowest BCUT2D eigenvalue weighted by Gasteiger charge is -2.31. The quantitative estimate of drug-likeness (QED) is 0.715. The van der Waals surface area contributed by atoms with Crippen LogP contribution in [0.5, 0.6) is 0 Å². The van der Waals surface area contributed by atoms with E-state index in [1.165, 1.54) is 23.6 Å². The first-order valence-corrected chi connectivity index (χ1v) is 9.57. The lowest BCUT2D eigenvalue weighted by Crippen LogP contribution is -2.42. The molecule has 0 radical (unpaired) electrons. The summed E-state index contributed by atoms with van der Waals surface area (Å²) in [5.74, 6) is 1.80. The second kappa shape index (κ2) is 7.54. The maximum absolute atomic E-state index is 13.0. The third kappa shape index (κ3) is 3.86. The molecule has 0 unspecified atom stereocenters. The van der Waals surface area contributed by atoms with Crippen LogP contribution in [0.4, 0.5) is 0 Å². The number of amides is 1.